The quantitative estimate of drug-likeness (QED) is 0.263. The molecule has 3 aromatic heterocycles. The Kier molecular flexibility index (Phi) is 6.12. The zero-order chi connectivity index (χ0) is 24.4. The summed E-state index contributed by atoms with van der Waals surface area (Å²) in [6.07, 6.45) is 1.56. The average Bonchev–Trinajstić information content (AvgIpc) is 3.55. The maximum absolute atomic E-state index is 13.1. The second-order valence-corrected chi connectivity index (χ2v) is 8.78. The predicted molar refractivity (Wildman–Crippen MR) is 135 cm³/mol. The number of furan rings is 1. The van der Waals surface area contributed by atoms with E-state index < -0.39 is 5.97 Å². The minimum absolute atomic E-state index is 0.0262. The molecule has 0 aliphatic carbocycles. The van der Waals surface area contributed by atoms with Crippen molar-refractivity contribution >= 4 is 44.9 Å². The van der Waals surface area contributed by atoms with Crippen molar-refractivity contribution < 1.29 is 18.7 Å². The van der Waals surface area contributed by atoms with Gasteiger partial charge in [0.05, 0.1) is 28.7 Å². The largest absolute Gasteiger partial charge is 0.463 e. The Balaban J connectivity index is 1.38. The van der Waals surface area contributed by atoms with Crippen LogP contribution in [0, 0.1) is 6.92 Å². The number of benzene rings is 2. The van der Waals surface area contributed by atoms with E-state index in [2.05, 4.69) is 9.97 Å². The van der Waals surface area contributed by atoms with Crippen LogP contribution in [0.5, 0.6) is 0 Å². The number of carbonyl (C=O) groups excluding carboxylic acids is 2. The van der Waals surface area contributed by atoms with Gasteiger partial charge in [-0.05, 0) is 48.9 Å². The van der Waals surface area contributed by atoms with Gasteiger partial charge in [-0.2, -0.15) is 0 Å². The van der Waals surface area contributed by atoms with Crippen molar-refractivity contribution in [1.82, 2.24) is 9.97 Å². The Bertz CT molecular complexity index is 1520. The zero-order valence-electron chi connectivity index (χ0n) is 19.1. The fourth-order valence-corrected chi connectivity index (χ4v) is 4.64. The molecular formula is C27H21N3O4S. The smallest absolute Gasteiger partial charge is 0.339 e. The van der Waals surface area contributed by atoms with Crippen molar-refractivity contribution in [3.63, 3.8) is 0 Å². The third kappa shape index (κ3) is 4.69. The zero-order valence-corrected chi connectivity index (χ0v) is 19.9. The summed E-state index contributed by atoms with van der Waals surface area (Å²) in [5.41, 5.74) is 3.94. The van der Waals surface area contributed by atoms with Gasteiger partial charge in [-0.25, -0.2) is 14.8 Å². The summed E-state index contributed by atoms with van der Waals surface area (Å²) >= 11 is 1.32. The summed E-state index contributed by atoms with van der Waals surface area (Å²) in [6, 6.07) is 20.3. The van der Waals surface area contributed by atoms with Gasteiger partial charge >= 0.3 is 5.97 Å². The highest BCUT2D eigenvalue weighted by Crippen LogP contribution is 2.30. The Morgan fingerprint density at radius 2 is 1.89 bits per heavy atom. The molecule has 5 rings (SSSR count). The minimum atomic E-state index is -0.493. The Morgan fingerprint density at radius 3 is 2.66 bits per heavy atom. The molecule has 0 spiro atoms. The van der Waals surface area contributed by atoms with Crippen molar-refractivity contribution in [2.24, 2.45) is 0 Å². The average molecular weight is 484 g/mol. The minimum Gasteiger partial charge on any atom is -0.463 e. The van der Waals surface area contributed by atoms with E-state index in [1.165, 1.54) is 18.3 Å². The highest BCUT2D eigenvalue weighted by atomic mass is 32.1. The van der Waals surface area contributed by atoms with Crippen LogP contribution in [0.1, 0.15) is 28.5 Å². The number of esters is 1. The maximum Gasteiger partial charge on any atom is 0.339 e. The van der Waals surface area contributed by atoms with Crippen LogP contribution in [0.25, 0.3) is 22.4 Å². The van der Waals surface area contributed by atoms with E-state index >= 15 is 0 Å². The first-order valence-electron chi connectivity index (χ1n) is 10.9. The van der Waals surface area contributed by atoms with Gasteiger partial charge in [-0.15, -0.1) is 11.3 Å². The lowest BCUT2D eigenvalue weighted by molar-refractivity contribution is -0.115. The van der Waals surface area contributed by atoms with Gasteiger partial charge in [0, 0.05) is 17.7 Å². The number of aromatic nitrogens is 2. The Labute approximate surface area is 205 Å². The lowest BCUT2D eigenvalue weighted by Gasteiger charge is -2.18. The lowest BCUT2D eigenvalue weighted by atomic mass is 10.1. The maximum atomic E-state index is 13.1. The number of aryl methyl sites for hydroxylation is 1. The molecule has 0 aliphatic rings. The van der Waals surface area contributed by atoms with E-state index in [1.54, 1.807) is 34.7 Å². The summed E-state index contributed by atoms with van der Waals surface area (Å²) in [5.74, 6) is -0.0790. The lowest BCUT2D eigenvalue weighted by Crippen LogP contribution is -2.22. The van der Waals surface area contributed by atoms with E-state index in [9.17, 15) is 9.59 Å². The number of pyridine rings is 1. The van der Waals surface area contributed by atoms with Crippen molar-refractivity contribution in [3.8, 4) is 11.5 Å². The summed E-state index contributed by atoms with van der Waals surface area (Å²) in [4.78, 5) is 36.2. The number of para-hydroxylation sites is 1. The van der Waals surface area contributed by atoms with Crippen LogP contribution in [0.3, 0.4) is 0 Å². The van der Waals surface area contributed by atoms with Crippen LogP contribution in [0.4, 0.5) is 10.8 Å². The van der Waals surface area contributed by atoms with Crippen LogP contribution >= 0.6 is 11.3 Å². The van der Waals surface area contributed by atoms with E-state index in [-0.39, 0.29) is 12.5 Å². The molecule has 0 fully saturated rings. The van der Waals surface area contributed by atoms with Gasteiger partial charge in [0.15, 0.2) is 10.9 Å². The van der Waals surface area contributed by atoms with Gasteiger partial charge in [-0.3, -0.25) is 9.69 Å². The molecule has 0 bridgehead atoms. The predicted octanol–water partition coefficient (Wildman–Crippen LogP) is 6.30. The monoisotopic (exact) mass is 483 g/mol. The van der Waals surface area contributed by atoms with Gasteiger partial charge in [0.25, 0.3) is 0 Å². The standard InChI is InChI=1S/C27H21N3O4S/c1-17-7-5-8-20(13-17)30(18(2)31)27-28-19(16-35-27)15-34-26(32)22-14-24(25-11-6-12-33-25)29-23-10-4-3-9-21(22)23/h3-14,16H,15H2,1-2H3. The number of rotatable bonds is 6. The van der Waals surface area contributed by atoms with Crippen LogP contribution in [-0.2, 0) is 16.1 Å². The van der Waals surface area contributed by atoms with Crippen LogP contribution < -0.4 is 4.90 Å². The molecule has 0 N–H and O–H groups in total. The molecule has 0 radical (unpaired) electrons. The third-order valence-electron chi connectivity index (χ3n) is 5.37. The molecule has 174 valence electrons. The van der Waals surface area contributed by atoms with Crippen LogP contribution in [-0.4, -0.2) is 21.8 Å². The summed E-state index contributed by atoms with van der Waals surface area (Å²) < 4.78 is 11.1. The number of hydrogen-bond donors (Lipinski definition) is 0. The molecule has 7 nitrogen and oxygen atoms in total. The molecule has 2 aromatic carbocycles. The first-order chi connectivity index (χ1) is 17.0. The Morgan fingerprint density at radius 1 is 1.03 bits per heavy atom. The molecule has 0 unspecified atom stereocenters. The topological polar surface area (TPSA) is 85.5 Å². The first kappa shape index (κ1) is 22.5. The molecule has 0 aliphatic heterocycles. The molecule has 1 amide bonds. The highest BCUT2D eigenvalue weighted by molar-refractivity contribution is 7.14. The number of amides is 1. The number of fused-ring (bicyclic) bond motifs is 1. The van der Waals surface area contributed by atoms with Crippen LogP contribution in [0.15, 0.2) is 82.8 Å². The van der Waals surface area contributed by atoms with Gasteiger partial charge in [0.1, 0.15) is 12.3 Å². The second-order valence-electron chi connectivity index (χ2n) is 7.94. The SMILES string of the molecule is CC(=O)N(c1cccc(C)c1)c1nc(COC(=O)c2cc(-c3ccco3)nc3ccccc23)cs1. The van der Waals surface area contributed by atoms with Gasteiger partial charge < -0.3 is 9.15 Å². The molecule has 5 aromatic rings. The Hall–Kier alpha value is -4.30. The summed E-state index contributed by atoms with van der Waals surface area (Å²) in [7, 11) is 0. The first-order valence-corrected chi connectivity index (χ1v) is 11.8. The molecule has 8 heteroatoms. The summed E-state index contributed by atoms with van der Waals surface area (Å²) in [6.45, 7) is 3.44. The molecule has 0 saturated carbocycles. The number of nitrogens with zero attached hydrogens (tertiary/aromatic N) is 3. The van der Waals surface area contributed by atoms with Crippen LogP contribution in [0.2, 0.25) is 0 Å². The normalized spacial score (nSPS) is 10.9. The number of anilines is 2. The number of carbonyl (C=O) groups is 2. The van der Waals surface area contributed by atoms with Gasteiger partial charge in [-0.1, -0.05) is 30.3 Å². The number of thiazole rings is 1. The molecule has 0 atom stereocenters. The highest BCUT2D eigenvalue weighted by Gasteiger charge is 2.20. The van der Waals surface area contributed by atoms with Crippen molar-refractivity contribution in [2.45, 2.75) is 20.5 Å². The summed E-state index contributed by atoms with van der Waals surface area (Å²) in [5, 5.41) is 2.99. The van der Waals surface area contributed by atoms with Crippen molar-refractivity contribution in [3.05, 3.63) is 95.2 Å². The van der Waals surface area contributed by atoms with E-state index in [1.807, 2.05) is 55.5 Å². The fourth-order valence-electron chi connectivity index (χ4n) is 3.77. The van der Waals surface area contributed by atoms with E-state index in [0.29, 0.717) is 38.7 Å². The molecule has 3 heterocycles. The van der Waals surface area contributed by atoms with E-state index in [4.69, 9.17) is 9.15 Å². The number of hydrogen-bond acceptors (Lipinski definition) is 7. The van der Waals surface area contributed by atoms with Crippen molar-refractivity contribution in [1.29, 1.82) is 0 Å². The van der Waals surface area contributed by atoms with Gasteiger partial charge in [0.2, 0.25) is 5.91 Å². The fraction of sp³-hybridized carbons (Fsp3) is 0.111. The van der Waals surface area contributed by atoms with E-state index in [0.717, 1.165) is 11.3 Å². The molecular weight excluding hydrogens is 462 g/mol. The molecule has 35 heavy (non-hydrogen) atoms. The number of ether oxygens (including phenoxy) is 1. The molecule has 0 saturated heterocycles. The second kappa shape index (κ2) is 9.52. The van der Waals surface area contributed by atoms with Crippen molar-refractivity contribution in [2.75, 3.05) is 4.90 Å². The third-order valence-corrected chi connectivity index (χ3v) is 6.24.